The Kier molecular flexibility index (Phi) is 5.20. The van der Waals surface area contributed by atoms with Crippen LogP contribution in [-0.2, 0) is 4.57 Å². The molecule has 0 radical (unpaired) electrons. The van der Waals surface area contributed by atoms with Gasteiger partial charge in [0.15, 0.2) is 6.16 Å². The highest BCUT2D eigenvalue weighted by molar-refractivity contribution is 7.64. The maximum Gasteiger partial charge on any atom is 0.420 e. The molecule has 1 aromatic rings. The van der Waals surface area contributed by atoms with E-state index in [0.29, 0.717) is 11.7 Å². The molecule has 0 aliphatic carbocycles. The van der Waals surface area contributed by atoms with E-state index in [4.69, 9.17) is 0 Å². The average Bonchev–Trinajstić information content (AvgIpc) is 2.29. The quantitative estimate of drug-likeness (QED) is 0.542. The summed E-state index contributed by atoms with van der Waals surface area (Å²) in [6.45, 7) is 2.09. The van der Waals surface area contributed by atoms with Crippen molar-refractivity contribution in [2.24, 2.45) is 0 Å². The van der Waals surface area contributed by atoms with E-state index in [1.807, 2.05) is 6.07 Å². The van der Waals surface area contributed by atoms with E-state index in [0.717, 1.165) is 19.3 Å². The molecule has 0 fully saturated rings. The fourth-order valence-electron chi connectivity index (χ4n) is 1.33. The minimum atomic E-state index is -1.72. The summed E-state index contributed by atoms with van der Waals surface area (Å²) in [5.41, 5.74) is 0.358. The molecule has 1 atom stereocenters. The molecule has 3 heteroatoms. The summed E-state index contributed by atoms with van der Waals surface area (Å²) in [4.78, 5) is 11.7. The molecule has 0 aliphatic rings. The molecule has 15 heavy (non-hydrogen) atoms. The van der Waals surface area contributed by atoms with Crippen molar-refractivity contribution < 1.29 is 9.36 Å². The van der Waals surface area contributed by atoms with Gasteiger partial charge in [-0.25, -0.2) is 4.79 Å². The van der Waals surface area contributed by atoms with Crippen molar-refractivity contribution in [1.29, 1.82) is 0 Å². The van der Waals surface area contributed by atoms with Crippen molar-refractivity contribution in [2.75, 3.05) is 6.16 Å². The van der Waals surface area contributed by atoms with E-state index in [2.05, 4.69) is 6.92 Å². The van der Waals surface area contributed by atoms with Crippen LogP contribution in [0.1, 0.15) is 36.5 Å². The standard InChI is InChI=1S/C12H16O2P/c1-2-3-7-10-15(14)12(13)11-8-5-4-6-9-11/h4-6,8-9H,2-3,7,10H2,1H3/q+1. The van der Waals surface area contributed by atoms with Gasteiger partial charge in [0, 0.05) is 0 Å². The first kappa shape index (κ1) is 12.1. The van der Waals surface area contributed by atoms with E-state index in [-0.39, 0.29) is 5.52 Å². The smallest absolute Gasteiger partial charge is 0.234 e. The topological polar surface area (TPSA) is 34.1 Å². The molecule has 0 saturated carbocycles. The van der Waals surface area contributed by atoms with E-state index < -0.39 is 7.80 Å². The number of carbonyl (C=O) groups is 1. The maximum atomic E-state index is 11.7. The molecular weight excluding hydrogens is 207 g/mol. The first-order valence-corrected chi connectivity index (χ1v) is 6.74. The Hall–Kier alpha value is -1.01. The fourth-order valence-corrected chi connectivity index (χ4v) is 2.48. The van der Waals surface area contributed by atoms with Gasteiger partial charge in [-0.05, 0) is 25.0 Å². The van der Waals surface area contributed by atoms with Gasteiger partial charge in [-0.2, -0.15) is 0 Å². The normalized spacial score (nSPS) is 11.1. The Morgan fingerprint density at radius 2 is 1.87 bits per heavy atom. The number of benzene rings is 1. The molecule has 0 spiro atoms. The van der Waals surface area contributed by atoms with Crippen LogP contribution in [0.3, 0.4) is 0 Å². The second-order valence-corrected chi connectivity index (χ2v) is 5.09. The van der Waals surface area contributed by atoms with Gasteiger partial charge >= 0.3 is 13.3 Å². The molecule has 1 unspecified atom stereocenters. The van der Waals surface area contributed by atoms with Crippen molar-refractivity contribution in [3.05, 3.63) is 35.9 Å². The maximum absolute atomic E-state index is 11.7. The third kappa shape index (κ3) is 3.93. The van der Waals surface area contributed by atoms with Gasteiger partial charge < -0.3 is 0 Å². The van der Waals surface area contributed by atoms with Gasteiger partial charge in [0.2, 0.25) is 0 Å². The number of hydrogen-bond acceptors (Lipinski definition) is 2. The van der Waals surface area contributed by atoms with Crippen molar-refractivity contribution in [2.45, 2.75) is 26.2 Å². The monoisotopic (exact) mass is 223 g/mol. The second-order valence-electron chi connectivity index (χ2n) is 3.48. The summed E-state index contributed by atoms with van der Waals surface area (Å²) in [5, 5.41) is 0. The summed E-state index contributed by atoms with van der Waals surface area (Å²) in [6.07, 6.45) is 3.53. The number of hydrogen-bond donors (Lipinski definition) is 0. The first-order chi connectivity index (χ1) is 7.25. The van der Waals surface area contributed by atoms with Gasteiger partial charge in [-0.15, -0.1) is 0 Å². The van der Waals surface area contributed by atoms with Gasteiger partial charge in [0.25, 0.3) is 0 Å². The zero-order valence-corrected chi connectivity index (χ0v) is 9.87. The lowest BCUT2D eigenvalue weighted by molar-refractivity contribution is 0.107. The number of rotatable bonds is 6. The lowest BCUT2D eigenvalue weighted by Gasteiger charge is -1.90. The molecule has 1 rings (SSSR count). The third-order valence-electron chi connectivity index (χ3n) is 2.21. The molecular formula is C12H16O2P+. The van der Waals surface area contributed by atoms with Crippen LogP contribution in [0, 0.1) is 0 Å². The molecule has 0 amide bonds. The minimum absolute atomic E-state index is 0.207. The van der Waals surface area contributed by atoms with Gasteiger partial charge in [0.05, 0.1) is 5.56 Å². The molecule has 80 valence electrons. The van der Waals surface area contributed by atoms with Gasteiger partial charge in [0.1, 0.15) is 0 Å². The zero-order chi connectivity index (χ0) is 11.1. The Labute approximate surface area is 91.5 Å². The Morgan fingerprint density at radius 1 is 1.20 bits per heavy atom. The highest BCUT2D eigenvalue weighted by atomic mass is 31.1. The highest BCUT2D eigenvalue weighted by Gasteiger charge is 2.28. The molecule has 1 aromatic carbocycles. The van der Waals surface area contributed by atoms with Crippen LogP contribution in [0.15, 0.2) is 30.3 Å². The van der Waals surface area contributed by atoms with Crippen LogP contribution in [-0.4, -0.2) is 11.7 Å². The van der Waals surface area contributed by atoms with Crippen molar-refractivity contribution in [3.8, 4) is 0 Å². The first-order valence-electron chi connectivity index (χ1n) is 5.29. The van der Waals surface area contributed by atoms with Gasteiger partial charge in [-0.3, -0.25) is 0 Å². The molecule has 0 aliphatic heterocycles. The second kappa shape index (κ2) is 6.47. The Balaban J connectivity index is 2.50. The Morgan fingerprint density at radius 3 is 2.47 bits per heavy atom. The van der Waals surface area contributed by atoms with Crippen LogP contribution in [0.5, 0.6) is 0 Å². The number of carbonyl (C=O) groups excluding carboxylic acids is 1. The molecule has 0 bridgehead atoms. The molecule has 0 heterocycles. The molecule has 0 saturated heterocycles. The lowest BCUT2D eigenvalue weighted by atomic mass is 10.2. The van der Waals surface area contributed by atoms with Crippen molar-refractivity contribution in [1.82, 2.24) is 0 Å². The molecule has 2 nitrogen and oxygen atoms in total. The van der Waals surface area contributed by atoms with E-state index >= 15 is 0 Å². The van der Waals surface area contributed by atoms with E-state index in [9.17, 15) is 9.36 Å². The molecule has 0 N–H and O–H groups in total. The summed E-state index contributed by atoms with van der Waals surface area (Å²) in [6, 6.07) is 8.87. The van der Waals surface area contributed by atoms with Crippen LogP contribution in [0.25, 0.3) is 0 Å². The minimum Gasteiger partial charge on any atom is -0.234 e. The van der Waals surface area contributed by atoms with Crippen LogP contribution < -0.4 is 0 Å². The summed E-state index contributed by atoms with van der Waals surface area (Å²) < 4.78 is 11.6. The van der Waals surface area contributed by atoms with Crippen LogP contribution in [0.4, 0.5) is 0 Å². The third-order valence-corrected chi connectivity index (χ3v) is 3.65. The van der Waals surface area contributed by atoms with E-state index in [1.165, 1.54) is 0 Å². The van der Waals surface area contributed by atoms with E-state index in [1.54, 1.807) is 24.3 Å². The Bertz CT molecular complexity index is 333. The number of unbranched alkanes of at least 4 members (excludes halogenated alkanes) is 2. The fraction of sp³-hybridized carbons (Fsp3) is 0.417. The summed E-state index contributed by atoms with van der Waals surface area (Å²) in [7, 11) is -1.72. The SMILES string of the molecule is CCCCC[P+](=O)C(=O)c1ccccc1. The highest BCUT2D eigenvalue weighted by Crippen LogP contribution is 2.28. The largest absolute Gasteiger partial charge is 0.420 e. The summed E-state index contributed by atoms with van der Waals surface area (Å²) >= 11 is 0. The average molecular weight is 223 g/mol. The molecule has 0 aromatic heterocycles. The predicted octanol–water partition coefficient (Wildman–Crippen LogP) is 3.84. The zero-order valence-electron chi connectivity index (χ0n) is 8.98. The van der Waals surface area contributed by atoms with Crippen LogP contribution >= 0.6 is 7.80 Å². The van der Waals surface area contributed by atoms with Gasteiger partial charge in [-0.1, -0.05) is 36.1 Å². The van der Waals surface area contributed by atoms with Crippen LogP contribution in [0.2, 0.25) is 0 Å². The summed E-state index contributed by atoms with van der Waals surface area (Å²) in [5.74, 6) is 0. The predicted molar refractivity (Wildman–Crippen MR) is 62.8 cm³/mol. The van der Waals surface area contributed by atoms with Crippen molar-refractivity contribution >= 4 is 13.3 Å². The lowest BCUT2D eigenvalue weighted by Crippen LogP contribution is -1.94. The van der Waals surface area contributed by atoms with Crippen molar-refractivity contribution in [3.63, 3.8) is 0 Å².